The normalized spacial score (nSPS) is 18.2. The number of morpholine rings is 1. The van der Waals surface area contributed by atoms with Crippen LogP contribution in [-0.2, 0) is 11.2 Å². The Hall–Kier alpha value is -2.27. The van der Waals surface area contributed by atoms with E-state index in [4.69, 9.17) is 4.74 Å². The highest BCUT2D eigenvalue weighted by molar-refractivity contribution is 5.92. The van der Waals surface area contributed by atoms with Gasteiger partial charge in [0.15, 0.2) is 0 Å². The fourth-order valence-electron chi connectivity index (χ4n) is 2.62. The Morgan fingerprint density at radius 3 is 2.91 bits per heavy atom. The van der Waals surface area contributed by atoms with Crippen molar-refractivity contribution >= 4 is 5.91 Å². The summed E-state index contributed by atoms with van der Waals surface area (Å²) in [7, 11) is 0. The molecule has 5 heteroatoms. The predicted octanol–water partition coefficient (Wildman–Crippen LogP) is 1.95. The molecule has 1 atom stereocenters. The molecule has 1 fully saturated rings. The maximum Gasteiger partial charge on any atom is 0.274 e. The third-order valence-corrected chi connectivity index (χ3v) is 3.81. The van der Waals surface area contributed by atoms with Crippen LogP contribution in [0.3, 0.4) is 0 Å². The van der Waals surface area contributed by atoms with Crippen molar-refractivity contribution in [3.8, 4) is 0 Å². The summed E-state index contributed by atoms with van der Waals surface area (Å²) in [6, 6.07) is 10.3. The molecular weight excluding hydrogens is 278 g/mol. The minimum Gasteiger partial charge on any atom is -0.375 e. The van der Waals surface area contributed by atoms with E-state index >= 15 is 0 Å². The topological polar surface area (TPSA) is 55.3 Å². The second kappa shape index (κ2) is 7.13. The van der Waals surface area contributed by atoms with Gasteiger partial charge < -0.3 is 9.64 Å². The summed E-state index contributed by atoms with van der Waals surface area (Å²) < 4.78 is 5.79. The largest absolute Gasteiger partial charge is 0.375 e. The molecular formula is C17H19N3O2. The van der Waals surface area contributed by atoms with E-state index in [1.807, 2.05) is 23.1 Å². The zero-order chi connectivity index (χ0) is 15.2. The van der Waals surface area contributed by atoms with Crippen molar-refractivity contribution in [1.29, 1.82) is 0 Å². The number of nitrogens with zero attached hydrogens (tertiary/aromatic N) is 3. The Morgan fingerprint density at radius 2 is 2.14 bits per heavy atom. The van der Waals surface area contributed by atoms with Crippen molar-refractivity contribution < 1.29 is 9.53 Å². The predicted molar refractivity (Wildman–Crippen MR) is 82.4 cm³/mol. The first-order valence-corrected chi connectivity index (χ1v) is 7.54. The molecule has 1 aromatic carbocycles. The molecule has 0 saturated carbocycles. The molecule has 0 bridgehead atoms. The maximum absolute atomic E-state index is 12.4. The number of aryl methyl sites for hydroxylation is 1. The lowest BCUT2D eigenvalue weighted by Crippen LogP contribution is -2.46. The molecule has 1 aliphatic heterocycles. The number of ether oxygens (including phenoxy) is 1. The van der Waals surface area contributed by atoms with Gasteiger partial charge in [0.2, 0.25) is 0 Å². The molecule has 0 aliphatic carbocycles. The van der Waals surface area contributed by atoms with E-state index in [1.165, 1.54) is 11.8 Å². The molecule has 22 heavy (non-hydrogen) atoms. The van der Waals surface area contributed by atoms with E-state index < -0.39 is 0 Å². The summed E-state index contributed by atoms with van der Waals surface area (Å²) in [5.74, 6) is -0.0684. The maximum atomic E-state index is 12.4. The Labute approximate surface area is 130 Å². The van der Waals surface area contributed by atoms with E-state index in [9.17, 15) is 4.79 Å². The fraction of sp³-hybridized carbons (Fsp3) is 0.353. The molecule has 1 amide bonds. The van der Waals surface area contributed by atoms with E-state index in [-0.39, 0.29) is 12.0 Å². The van der Waals surface area contributed by atoms with Crippen LogP contribution >= 0.6 is 0 Å². The molecule has 114 valence electrons. The third kappa shape index (κ3) is 3.68. The average Bonchev–Trinajstić information content (AvgIpc) is 2.61. The number of rotatable bonds is 4. The molecule has 2 aromatic rings. The van der Waals surface area contributed by atoms with Crippen LogP contribution in [0.2, 0.25) is 0 Å². The number of hydrogen-bond acceptors (Lipinski definition) is 4. The molecule has 0 radical (unpaired) electrons. The van der Waals surface area contributed by atoms with Gasteiger partial charge in [-0.3, -0.25) is 9.78 Å². The summed E-state index contributed by atoms with van der Waals surface area (Å²) in [5, 5.41) is 0. The molecule has 0 unspecified atom stereocenters. The van der Waals surface area contributed by atoms with Gasteiger partial charge in [-0.25, -0.2) is 4.98 Å². The van der Waals surface area contributed by atoms with E-state index in [1.54, 1.807) is 12.4 Å². The first kappa shape index (κ1) is 14.7. The van der Waals surface area contributed by atoms with Crippen LogP contribution in [0, 0.1) is 0 Å². The number of amides is 1. The van der Waals surface area contributed by atoms with Gasteiger partial charge in [-0.2, -0.15) is 0 Å². The van der Waals surface area contributed by atoms with Gasteiger partial charge in [-0.05, 0) is 18.4 Å². The van der Waals surface area contributed by atoms with Crippen molar-refractivity contribution in [2.24, 2.45) is 0 Å². The van der Waals surface area contributed by atoms with Gasteiger partial charge in [0.1, 0.15) is 5.69 Å². The van der Waals surface area contributed by atoms with Gasteiger partial charge in [0.25, 0.3) is 5.91 Å². The monoisotopic (exact) mass is 297 g/mol. The highest BCUT2D eigenvalue weighted by Crippen LogP contribution is 2.14. The van der Waals surface area contributed by atoms with Gasteiger partial charge >= 0.3 is 0 Å². The van der Waals surface area contributed by atoms with E-state index in [0.717, 1.165) is 12.8 Å². The zero-order valence-electron chi connectivity index (χ0n) is 12.4. The van der Waals surface area contributed by atoms with Gasteiger partial charge in [-0.1, -0.05) is 30.3 Å². The lowest BCUT2D eigenvalue weighted by molar-refractivity contribution is -0.0248. The van der Waals surface area contributed by atoms with Gasteiger partial charge in [0, 0.05) is 25.5 Å². The number of aromatic nitrogens is 2. The van der Waals surface area contributed by atoms with Crippen molar-refractivity contribution in [3.63, 3.8) is 0 Å². The molecule has 3 rings (SSSR count). The molecule has 0 N–H and O–H groups in total. The molecule has 1 aliphatic rings. The smallest absolute Gasteiger partial charge is 0.274 e. The average molecular weight is 297 g/mol. The van der Waals surface area contributed by atoms with Crippen LogP contribution in [0.4, 0.5) is 0 Å². The van der Waals surface area contributed by atoms with Gasteiger partial charge in [0.05, 0.1) is 18.9 Å². The standard InChI is InChI=1S/C17H19N3O2/c21-17(16-12-18-8-9-19-16)20-10-11-22-15(13-20)7-6-14-4-2-1-3-5-14/h1-5,8-9,12,15H,6-7,10-11,13H2/t15-/m0/s1. The fourth-order valence-corrected chi connectivity index (χ4v) is 2.62. The summed E-state index contributed by atoms with van der Waals surface area (Å²) in [5.41, 5.74) is 1.69. The molecule has 1 aromatic heterocycles. The molecule has 2 heterocycles. The Balaban J connectivity index is 1.56. The second-order valence-electron chi connectivity index (χ2n) is 5.36. The second-order valence-corrected chi connectivity index (χ2v) is 5.36. The summed E-state index contributed by atoms with van der Waals surface area (Å²) in [6.45, 7) is 1.80. The summed E-state index contributed by atoms with van der Waals surface area (Å²) in [6.07, 6.45) is 6.57. The quantitative estimate of drug-likeness (QED) is 0.865. The van der Waals surface area contributed by atoms with Crippen molar-refractivity contribution in [2.75, 3.05) is 19.7 Å². The van der Waals surface area contributed by atoms with Crippen molar-refractivity contribution in [3.05, 3.63) is 60.2 Å². The van der Waals surface area contributed by atoms with E-state index in [0.29, 0.717) is 25.4 Å². The molecule has 5 nitrogen and oxygen atoms in total. The molecule has 0 spiro atoms. The van der Waals surface area contributed by atoms with Crippen LogP contribution in [-0.4, -0.2) is 46.6 Å². The highest BCUT2D eigenvalue weighted by Gasteiger charge is 2.25. The lowest BCUT2D eigenvalue weighted by atomic mass is 10.1. The number of carbonyl (C=O) groups excluding carboxylic acids is 1. The minimum absolute atomic E-state index is 0.0684. The third-order valence-electron chi connectivity index (χ3n) is 3.81. The molecule has 1 saturated heterocycles. The van der Waals surface area contributed by atoms with Crippen LogP contribution in [0.1, 0.15) is 22.5 Å². The first-order chi connectivity index (χ1) is 10.8. The Morgan fingerprint density at radius 1 is 1.27 bits per heavy atom. The zero-order valence-corrected chi connectivity index (χ0v) is 12.4. The minimum atomic E-state index is -0.0684. The van der Waals surface area contributed by atoms with Crippen LogP contribution in [0.25, 0.3) is 0 Å². The Bertz CT molecular complexity index is 604. The SMILES string of the molecule is O=C(c1cnccn1)N1CCO[C@@H](CCc2ccccc2)C1. The first-order valence-electron chi connectivity index (χ1n) is 7.54. The number of carbonyl (C=O) groups is 1. The van der Waals surface area contributed by atoms with E-state index in [2.05, 4.69) is 22.1 Å². The summed E-state index contributed by atoms with van der Waals surface area (Å²) in [4.78, 5) is 22.2. The highest BCUT2D eigenvalue weighted by atomic mass is 16.5. The van der Waals surface area contributed by atoms with Gasteiger partial charge in [-0.15, -0.1) is 0 Å². The number of hydrogen-bond donors (Lipinski definition) is 0. The van der Waals surface area contributed by atoms with Crippen LogP contribution < -0.4 is 0 Å². The summed E-state index contributed by atoms with van der Waals surface area (Å²) >= 11 is 0. The van der Waals surface area contributed by atoms with Crippen molar-refractivity contribution in [1.82, 2.24) is 14.9 Å². The van der Waals surface area contributed by atoms with Crippen LogP contribution in [0.15, 0.2) is 48.9 Å². The lowest BCUT2D eigenvalue weighted by Gasteiger charge is -2.32. The Kier molecular flexibility index (Phi) is 4.75. The number of benzene rings is 1. The van der Waals surface area contributed by atoms with Crippen LogP contribution in [0.5, 0.6) is 0 Å². The van der Waals surface area contributed by atoms with Crippen molar-refractivity contribution in [2.45, 2.75) is 18.9 Å².